The molecule has 0 aromatic carbocycles. The van der Waals surface area contributed by atoms with Crippen LogP contribution in [-0.4, -0.2) is 14.6 Å². The number of hydrogen-bond acceptors (Lipinski definition) is 1. The molecular formula is C6H8Br2N2. The SMILES string of the molecule is CC(Br)Cn1nccc1Br. The third-order valence-electron chi connectivity index (χ3n) is 1.09. The van der Waals surface area contributed by atoms with Gasteiger partial charge in [-0.3, -0.25) is 4.68 Å². The maximum atomic E-state index is 4.10. The summed E-state index contributed by atoms with van der Waals surface area (Å²) < 4.78 is 2.93. The van der Waals surface area contributed by atoms with Crippen molar-refractivity contribution in [1.29, 1.82) is 0 Å². The van der Waals surface area contributed by atoms with Crippen LogP contribution in [-0.2, 0) is 6.54 Å². The fraction of sp³-hybridized carbons (Fsp3) is 0.500. The third-order valence-corrected chi connectivity index (χ3v) is 2.05. The lowest BCUT2D eigenvalue weighted by Gasteiger charge is -2.03. The molecule has 0 saturated carbocycles. The molecule has 0 amide bonds. The topological polar surface area (TPSA) is 17.8 Å². The van der Waals surface area contributed by atoms with E-state index in [-0.39, 0.29) is 0 Å². The van der Waals surface area contributed by atoms with Crippen LogP contribution in [0.15, 0.2) is 16.9 Å². The van der Waals surface area contributed by atoms with Crippen LogP contribution in [0.25, 0.3) is 0 Å². The molecule has 0 aliphatic heterocycles. The number of nitrogens with zero attached hydrogens (tertiary/aromatic N) is 2. The summed E-state index contributed by atoms with van der Waals surface area (Å²) in [7, 11) is 0. The van der Waals surface area contributed by atoms with Gasteiger partial charge in [-0.05, 0) is 22.0 Å². The van der Waals surface area contributed by atoms with E-state index in [0.29, 0.717) is 4.83 Å². The van der Waals surface area contributed by atoms with Crippen LogP contribution >= 0.6 is 31.9 Å². The van der Waals surface area contributed by atoms with Crippen LogP contribution in [0.3, 0.4) is 0 Å². The zero-order valence-corrected chi connectivity index (χ0v) is 8.76. The zero-order chi connectivity index (χ0) is 7.56. The summed E-state index contributed by atoms with van der Waals surface area (Å²) in [6, 6.07) is 1.93. The fourth-order valence-corrected chi connectivity index (χ4v) is 1.32. The van der Waals surface area contributed by atoms with Crippen molar-refractivity contribution >= 4 is 31.9 Å². The molecule has 0 fully saturated rings. The van der Waals surface area contributed by atoms with Crippen LogP contribution in [0.1, 0.15) is 6.92 Å². The van der Waals surface area contributed by atoms with Gasteiger partial charge in [-0.2, -0.15) is 5.10 Å². The van der Waals surface area contributed by atoms with E-state index in [0.717, 1.165) is 11.1 Å². The lowest BCUT2D eigenvalue weighted by molar-refractivity contribution is 0.605. The Morgan fingerprint density at radius 2 is 2.50 bits per heavy atom. The number of hydrogen-bond donors (Lipinski definition) is 0. The Kier molecular flexibility index (Phi) is 2.92. The molecule has 0 N–H and O–H groups in total. The Labute approximate surface area is 76.9 Å². The van der Waals surface area contributed by atoms with E-state index in [4.69, 9.17) is 0 Å². The highest BCUT2D eigenvalue weighted by molar-refractivity contribution is 9.10. The number of halogens is 2. The normalized spacial score (nSPS) is 13.5. The van der Waals surface area contributed by atoms with Gasteiger partial charge in [0.2, 0.25) is 0 Å². The largest absolute Gasteiger partial charge is 0.257 e. The van der Waals surface area contributed by atoms with Crippen LogP contribution in [0.5, 0.6) is 0 Å². The van der Waals surface area contributed by atoms with Gasteiger partial charge in [-0.1, -0.05) is 22.9 Å². The van der Waals surface area contributed by atoms with Crippen molar-refractivity contribution in [2.24, 2.45) is 0 Å². The average Bonchev–Trinajstić information content (AvgIpc) is 2.15. The van der Waals surface area contributed by atoms with Crippen LogP contribution in [0, 0.1) is 0 Å². The van der Waals surface area contributed by atoms with Crippen molar-refractivity contribution in [3.05, 3.63) is 16.9 Å². The summed E-state index contributed by atoms with van der Waals surface area (Å²) in [5, 5.41) is 4.10. The first-order valence-electron chi connectivity index (χ1n) is 3.01. The van der Waals surface area contributed by atoms with E-state index < -0.39 is 0 Å². The Morgan fingerprint density at radius 3 is 2.90 bits per heavy atom. The summed E-state index contributed by atoms with van der Waals surface area (Å²) in [5.74, 6) is 0. The van der Waals surface area contributed by atoms with Gasteiger partial charge >= 0.3 is 0 Å². The summed E-state index contributed by atoms with van der Waals surface area (Å²) >= 11 is 6.82. The highest BCUT2D eigenvalue weighted by Gasteiger charge is 2.00. The molecule has 1 aromatic heterocycles. The van der Waals surface area contributed by atoms with Gasteiger partial charge in [0.05, 0.1) is 12.7 Å². The second-order valence-electron chi connectivity index (χ2n) is 2.12. The highest BCUT2D eigenvalue weighted by Crippen LogP contribution is 2.10. The van der Waals surface area contributed by atoms with E-state index in [2.05, 4.69) is 43.9 Å². The van der Waals surface area contributed by atoms with Gasteiger partial charge in [0.25, 0.3) is 0 Å². The number of aromatic nitrogens is 2. The molecule has 0 bridgehead atoms. The van der Waals surface area contributed by atoms with Crippen molar-refractivity contribution in [2.75, 3.05) is 0 Å². The van der Waals surface area contributed by atoms with E-state index in [1.54, 1.807) is 6.20 Å². The van der Waals surface area contributed by atoms with Crippen molar-refractivity contribution in [2.45, 2.75) is 18.3 Å². The van der Waals surface area contributed by atoms with E-state index >= 15 is 0 Å². The van der Waals surface area contributed by atoms with Gasteiger partial charge in [0.15, 0.2) is 0 Å². The third kappa shape index (κ3) is 2.09. The molecule has 2 nitrogen and oxygen atoms in total. The summed E-state index contributed by atoms with van der Waals surface area (Å²) in [6.07, 6.45) is 1.78. The van der Waals surface area contributed by atoms with Crippen molar-refractivity contribution in [3.8, 4) is 0 Å². The molecule has 0 radical (unpaired) electrons. The standard InChI is InChI=1S/C6H8Br2N2/c1-5(7)4-10-6(8)2-3-9-10/h2-3,5H,4H2,1H3. The molecule has 1 atom stereocenters. The predicted octanol–water partition coefficient (Wildman–Crippen LogP) is 2.43. The lowest BCUT2D eigenvalue weighted by Crippen LogP contribution is -2.07. The van der Waals surface area contributed by atoms with E-state index in [1.807, 2.05) is 10.7 Å². The van der Waals surface area contributed by atoms with E-state index in [9.17, 15) is 0 Å². The fourth-order valence-electron chi connectivity index (χ4n) is 0.689. The minimum atomic E-state index is 0.462. The summed E-state index contributed by atoms with van der Waals surface area (Å²) in [6.45, 7) is 2.99. The van der Waals surface area contributed by atoms with E-state index in [1.165, 1.54) is 0 Å². The summed E-state index contributed by atoms with van der Waals surface area (Å²) in [4.78, 5) is 0.462. The lowest BCUT2D eigenvalue weighted by atomic mass is 10.5. The molecular weight excluding hydrogens is 260 g/mol. The molecule has 1 unspecified atom stereocenters. The van der Waals surface area contributed by atoms with Crippen LogP contribution < -0.4 is 0 Å². The molecule has 0 aliphatic carbocycles. The first-order chi connectivity index (χ1) is 4.70. The van der Waals surface area contributed by atoms with Crippen LogP contribution in [0.4, 0.5) is 0 Å². The maximum Gasteiger partial charge on any atom is 0.104 e. The summed E-state index contributed by atoms with van der Waals surface area (Å²) in [5.41, 5.74) is 0. The Balaban J connectivity index is 2.65. The van der Waals surface area contributed by atoms with Crippen molar-refractivity contribution in [3.63, 3.8) is 0 Å². The van der Waals surface area contributed by atoms with Gasteiger partial charge in [-0.25, -0.2) is 0 Å². The second kappa shape index (κ2) is 3.53. The molecule has 0 saturated heterocycles. The average molecular weight is 268 g/mol. The van der Waals surface area contributed by atoms with Crippen molar-refractivity contribution in [1.82, 2.24) is 9.78 Å². The number of rotatable bonds is 2. The molecule has 56 valence electrons. The molecule has 4 heteroatoms. The molecule has 0 aliphatic rings. The highest BCUT2D eigenvalue weighted by atomic mass is 79.9. The predicted molar refractivity (Wildman–Crippen MR) is 48.3 cm³/mol. The maximum absolute atomic E-state index is 4.10. The molecule has 1 aromatic rings. The van der Waals surface area contributed by atoms with Gasteiger partial charge in [0, 0.05) is 4.83 Å². The minimum absolute atomic E-state index is 0.462. The Bertz CT molecular complexity index is 207. The second-order valence-corrected chi connectivity index (χ2v) is 4.49. The van der Waals surface area contributed by atoms with Gasteiger partial charge in [-0.15, -0.1) is 0 Å². The van der Waals surface area contributed by atoms with Gasteiger partial charge < -0.3 is 0 Å². The van der Waals surface area contributed by atoms with Crippen LogP contribution in [0.2, 0.25) is 0 Å². The minimum Gasteiger partial charge on any atom is -0.257 e. The monoisotopic (exact) mass is 266 g/mol. The van der Waals surface area contributed by atoms with Gasteiger partial charge in [0.1, 0.15) is 4.60 Å². The zero-order valence-electron chi connectivity index (χ0n) is 5.59. The van der Waals surface area contributed by atoms with Crippen molar-refractivity contribution < 1.29 is 0 Å². The quantitative estimate of drug-likeness (QED) is 0.753. The Morgan fingerprint density at radius 1 is 1.80 bits per heavy atom. The molecule has 0 spiro atoms. The molecule has 10 heavy (non-hydrogen) atoms. The molecule has 1 heterocycles. The smallest absolute Gasteiger partial charge is 0.104 e. The molecule has 1 rings (SSSR count). The first-order valence-corrected chi connectivity index (χ1v) is 4.72. The Hall–Kier alpha value is 0.170. The first kappa shape index (κ1) is 8.27. The number of alkyl halides is 1.